The highest BCUT2D eigenvalue weighted by molar-refractivity contribution is 5.23. The summed E-state index contributed by atoms with van der Waals surface area (Å²) in [6, 6.07) is 0.468. The van der Waals surface area contributed by atoms with Crippen LogP contribution in [0.2, 0.25) is 0 Å². The molecule has 1 aromatic heterocycles. The molecule has 0 spiro atoms. The number of rotatable bonds is 4. The predicted molar refractivity (Wildman–Crippen MR) is 80.0 cm³/mol. The van der Waals surface area contributed by atoms with E-state index in [1.54, 1.807) is 0 Å². The Hall–Kier alpha value is -1.14. The number of nitrogens with zero attached hydrogens (tertiary/aromatic N) is 4. The molecule has 2 fully saturated rings. The third-order valence-corrected chi connectivity index (χ3v) is 4.89. The van der Waals surface area contributed by atoms with Crippen LogP contribution in [0.4, 0.5) is 5.95 Å². The Labute approximate surface area is 126 Å². The lowest BCUT2D eigenvalue weighted by Gasteiger charge is -2.36. The first-order valence-electron chi connectivity index (χ1n) is 8.07. The minimum atomic E-state index is -0.135. The molecule has 0 amide bonds. The summed E-state index contributed by atoms with van der Waals surface area (Å²) in [7, 11) is 3.82. The standard InChI is InChI=1S/C15H26N4O2/c1-18(2)15-16-14(21-17-15)10-19-9-5-7-12(19)11-6-3-4-8-13(11)20/h11-13,20H,3-10H2,1-2H3/t11-,12+,13+/m0/s1. The van der Waals surface area contributed by atoms with Crippen molar-refractivity contribution < 1.29 is 9.63 Å². The van der Waals surface area contributed by atoms with E-state index >= 15 is 0 Å². The van der Waals surface area contributed by atoms with Gasteiger partial charge in [0, 0.05) is 26.1 Å². The van der Waals surface area contributed by atoms with Gasteiger partial charge in [-0.05, 0) is 37.4 Å². The van der Waals surface area contributed by atoms with Crippen LogP contribution in [-0.4, -0.2) is 52.9 Å². The zero-order valence-corrected chi connectivity index (χ0v) is 13.0. The van der Waals surface area contributed by atoms with Crippen LogP contribution >= 0.6 is 0 Å². The molecular formula is C15H26N4O2. The molecular weight excluding hydrogens is 268 g/mol. The quantitative estimate of drug-likeness (QED) is 0.911. The van der Waals surface area contributed by atoms with Crippen molar-refractivity contribution in [2.45, 2.75) is 57.2 Å². The SMILES string of the molecule is CN(C)c1noc(CN2CCC[C@@H]2[C@@H]2CCCC[C@H]2O)n1. The maximum atomic E-state index is 10.3. The van der Waals surface area contributed by atoms with Gasteiger partial charge < -0.3 is 14.5 Å². The summed E-state index contributed by atoms with van der Waals surface area (Å²) in [6.07, 6.45) is 6.76. The Bertz CT molecular complexity index is 462. The van der Waals surface area contributed by atoms with Gasteiger partial charge in [0.2, 0.25) is 5.89 Å². The highest BCUT2D eigenvalue weighted by Gasteiger charge is 2.37. The van der Waals surface area contributed by atoms with Crippen molar-refractivity contribution in [3.8, 4) is 0 Å². The number of aromatic nitrogens is 2. The molecule has 1 N–H and O–H groups in total. The number of anilines is 1. The van der Waals surface area contributed by atoms with Gasteiger partial charge in [-0.15, -0.1) is 0 Å². The van der Waals surface area contributed by atoms with Gasteiger partial charge in [0.25, 0.3) is 5.95 Å². The van der Waals surface area contributed by atoms with Crippen LogP contribution in [0.25, 0.3) is 0 Å². The van der Waals surface area contributed by atoms with E-state index in [0.717, 1.165) is 19.4 Å². The van der Waals surface area contributed by atoms with Gasteiger partial charge >= 0.3 is 0 Å². The van der Waals surface area contributed by atoms with Gasteiger partial charge in [0.05, 0.1) is 12.6 Å². The second-order valence-electron chi connectivity index (χ2n) is 6.58. The number of hydrogen-bond acceptors (Lipinski definition) is 6. The molecule has 2 heterocycles. The van der Waals surface area contributed by atoms with E-state index in [-0.39, 0.29) is 6.10 Å². The minimum Gasteiger partial charge on any atom is -0.393 e. The van der Waals surface area contributed by atoms with Crippen LogP contribution in [-0.2, 0) is 6.54 Å². The Morgan fingerprint density at radius 3 is 2.76 bits per heavy atom. The first-order chi connectivity index (χ1) is 10.1. The molecule has 0 radical (unpaired) electrons. The van der Waals surface area contributed by atoms with E-state index in [2.05, 4.69) is 15.0 Å². The summed E-state index contributed by atoms with van der Waals surface area (Å²) in [5.74, 6) is 1.71. The Balaban J connectivity index is 1.65. The average molecular weight is 294 g/mol. The van der Waals surface area contributed by atoms with Crippen LogP contribution < -0.4 is 4.90 Å². The third kappa shape index (κ3) is 3.21. The van der Waals surface area contributed by atoms with Crippen molar-refractivity contribution in [1.29, 1.82) is 0 Å². The van der Waals surface area contributed by atoms with Crippen molar-refractivity contribution >= 4 is 5.95 Å². The van der Waals surface area contributed by atoms with E-state index in [0.29, 0.717) is 30.3 Å². The van der Waals surface area contributed by atoms with Crippen LogP contribution in [0.15, 0.2) is 4.52 Å². The van der Waals surface area contributed by atoms with Crippen molar-refractivity contribution in [3.63, 3.8) is 0 Å². The molecule has 1 saturated carbocycles. The van der Waals surface area contributed by atoms with Crippen molar-refractivity contribution in [2.75, 3.05) is 25.5 Å². The first kappa shape index (κ1) is 14.8. The summed E-state index contributed by atoms with van der Waals surface area (Å²) in [4.78, 5) is 8.69. The molecule has 1 saturated heterocycles. The second kappa shape index (κ2) is 6.32. The van der Waals surface area contributed by atoms with E-state index in [4.69, 9.17) is 4.52 Å². The van der Waals surface area contributed by atoms with E-state index in [1.807, 2.05) is 19.0 Å². The molecule has 2 aliphatic rings. The lowest BCUT2D eigenvalue weighted by molar-refractivity contribution is 0.0178. The fourth-order valence-corrected chi connectivity index (χ4v) is 3.79. The van der Waals surface area contributed by atoms with Crippen molar-refractivity contribution in [3.05, 3.63) is 5.89 Å². The van der Waals surface area contributed by atoms with E-state index < -0.39 is 0 Å². The van der Waals surface area contributed by atoms with Crippen LogP contribution in [0.1, 0.15) is 44.4 Å². The maximum Gasteiger partial charge on any atom is 0.265 e. The number of likely N-dealkylation sites (tertiary alicyclic amines) is 1. The highest BCUT2D eigenvalue weighted by Crippen LogP contribution is 2.35. The molecule has 1 aliphatic carbocycles. The normalized spacial score (nSPS) is 30.7. The minimum absolute atomic E-state index is 0.135. The summed E-state index contributed by atoms with van der Waals surface area (Å²) in [5.41, 5.74) is 0. The van der Waals surface area contributed by atoms with Gasteiger partial charge in [-0.3, -0.25) is 4.90 Å². The smallest absolute Gasteiger partial charge is 0.265 e. The summed E-state index contributed by atoms with van der Waals surface area (Å²) in [6.45, 7) is 1.77. The third-order valence-electron chi connectivity index (χ3n) is 4.89. The van der Waals surface area contributed by atoms with Gasteiger partial charge in [0.15, 0.2) is 0 Å². The van der Waals surface area contributed by atoms with Gasteiger partial charge in [-0.2, -0.15) is 4.98 Å². The lowest BCUT2D eigenvalue weighted by Crippen LogP contribution is -2.42. The van der Waals surface area contributed by atoms with Crippen LogP contribution in [0.3, 0.4) is 0 Å². The van der Waals surface area contributed by atoms with Crippen molar-refractivity contribution in [2.24, 2.45) is 5.92 Å². The Kier molecular flexibility index (Phi) is 4.45. The fraction of sp³-hybridized carbons (Fsp3) is 0.867. The molecule has 118 valence electrons. The largest absolute Gasteiger partial charge is 0.393 e. The summed E-state index contributed by atoms with van der Waals surface area (Å²) in [5, 5.41) is 14.3. The van der Waals surface area contributed by atoms with Gasteiger partial charge in [0.1, 0.15) is 0 Å². The average Bonchev–Trinajstić information content (AvgIpc) is 3.09. The van der Waals surface area contributed by atoms with Crippen LogP contribution in [0, 0.1) is 5.92 Å². The molecule has 0 bridgehead atoms. The molecule has 6 nitrogen and oxygen atoms in total. The molecule has 21 heavy (non-hydrogen) atoms. The molecule has 3 atom stereocenters. The predicted octanol–water partition coefficient (Wildman–Crippen LogP) is 1.65. The van der Waals surface area contributed by atoms with E-state index in [1.165, 1.54) is 25.7 Å². The molecule has 1 aliphatic heterocycles. The highest BCUT2D eigenvalue weighted by atomic mass is 16.5. The van der Waals surface area contributed by atoms with Gasteiger partial charge in [-0.25, -0.2) is 0 Å². The van der Waals surface area contributed by atoms with Gasteiger partial charge in [-0.1, -0.05) is 12.8 Å². The maximum absolute atomic E-state index is 10.3. The lowest BCUT2D eigenvalue weighted by atomic mass is 9.80. The van der Waals surface area contributed by atoms with E-state index in [9.17, 15) is 5.11 Å². The molecule has 1 aromatic rings. The first-order valence-corrected chi connectivity index (χ1v) is 8.07. The molecule has 0 aromatic carbocycles. The monoisotopic (exact) mass is 294 g/mol. The van der Waals surface area contributed by atoms with Crippen molar-refractivity contribution in [1.82, 2.24) is 15.0 Å². The Morgan fingerprint density at radius 1 is 1.24 bits per heavy atom. The Morgan fingerprint density at radius 2 is 2.05 bits per heavy atom. The topological polar surface area (TPSA) is 65.6 Å². The number of aliphatic hydroxyl groups excluding tert-OH is 1. The fourth-order valence-electron chi connectivity index (χ4n) is 3.79. The molecule has 0 unspecified atom stereocenters. The number of hydrogen-bond donors (Lipinski definition) is 1. The number of aliphatic hydroxyl groups is 1. The summed E-state index contributed by atoms with van der Waals surface area (Å²) < 4.78 is 5.34. The summed E-state index contributed by atoms with van der Waals surface area (Å²) >= 11 is 0. The molecule has 3 rings (SSSR count). The molecule has 6 heteroatoms. The zero-order chi connectivity index (χ0) is 14.8. The second-order valence-corrected chi connectivity index (χ2v) is 6.58. The van der Waals surface area contributed by atoms with Crippen LogP contribution in [0.5, 0.6) is 0 Å². The zero-order valence-electron chi connectivity index (χ0n) is 13.0.